The van der Waals surface area contributed by atoms with Crippen LogP contribution in [0.5, 0.6) is 0 Å². The van der Waals surface area contributed by atoms with E-state index in [0.717, 1.165) is 62.9 Å². The van der Waals surface area contributed by atoms with Gasteiger partial charge in [-0.2, -0.15) is 0 Å². The number of carbonyl (C=O) groups is 1. The van der Waals surface area contributed by atoms with Gasteiger partial charge in [0.15, 0.2) is 0 Å². The predicted molar refractivity (Wildman–Crippen MR) is 128 cm³/mol. The van der Waals surface area contributed by atoms with Gasteiger partial charge in [-0.15, -0.1) is 0 Å². The van der Waals surface area contributed by atoms with Crippen LogP contribution in [0.15, 0.2) is 48.5 Å². The van der Waals surface area contributed by atoms with E-state index < -0.39 is 11.1 Å². The lowest BCUT2D eigenvalue weighted by Gasteiger charge is -2.51. The van der Waals surface area contributed by atoms with Gasteiger partial charge in [0, 0.05) is 34.9 Å². The number of benzene rings is 2. The number of hydrogen-bond donors (Lipinski definition) is 2. The summed E-state index contributed by atoms with van der Waals surface area (Å²) in [5.41, 5.74) is 0.517. The van der Waals surface area contributed by atoms with Gasteiger partial charge in [-0.3, -0.25) is 9.69 Å². The Balaban J connectivity index is 1.37. The second-order valence-corrected chi connectivity index (χ2v) is 10.2. The molecule has 2 aromatic rings. The second-order valence-electron chi connectivity index (χ2n) is 9.33. The summed E-state index contributed by atoms with van der Waals surface area (Å²) >= 11 is 12.2. The smallest absolute Gasteiger partial charge is 0.247 e. The van der Waals surface area contributed by atoms with Crippen LogP contribution in [0.2, 0.25) is 10.0 Å². The normalized spacial score (nSPS) is 28.2. The fourth-order valence-electron chi connectivity index (χ4n) is 5.95. The summed E-state index contributed by atoms with van der Waals surface area (Å²) in [6, 6.07) is 15.4. The van der Waals surface area contributed by atoms with Crippen molar-refractivity contribution in [3.05, 3.63) is 64.1 Å². The Labute approximate surface area is 199 Å². The Kier molecular flexibility index (Phi) is 5.87. The summed E-state index contributed by atoms with van der Waals surface area (Å²) in [5.74, 6) is 0.101. The van der Waals surface area contributed by atoms with Crippen LogP contribution in [0.3, 0.4) is 0 Å². The van der Waals surface area contributed by atoms with Gasteiger partial charge in [-0.1, -0.05) is 48.2 Å². The van der Waals surface area contributed by atoms with E-state index in [4.69, 9.17) is 23.2 Å². The molecule has 1 spiro atoms. The van der Waals surface area contributed by atoms with E-state index >= 15 is 0 Å². The Morgan fingerprint density at radius 3 is 2.19 bits per heavy atom. The molecule has 2 atom stereocenters. The average Bonchev–Trinajstić information content (AvgIpc) is 3.11. The lowest BCUT2D eigenvalue weighted by atomic mass is 9.73. The van der Waals surface area contributed by atoms with Gasteiger partial charge in [0.05, 0.1) is 6.67 Å². The monoisotopic (exact) mass is 473 g/mol. The third-order valence-corrected chi connectivity index (χ3v) is 8.23. The van der Waals surface area contributed by atoms with Crippen molar-refractivity contribution in [1.82, 2.24) is 10.2 Å². The molecule has 1 saturated carbocycles. The van der Waals surface area contributed by atoms with E-state index in [2.05, 4.69) is 15.1 Å². The van der Waals surface area contributed by atoms with E-state index in [1.807, 2.05) is 48.5 Å². The number of likely N-dealkylation sites (tertiary alicyclic amines) is 1. The van der Waals surface area contributed by atoms with Gasteiger partial charge < -0.3 is 15.3 Å². The summed E-state index contributed by atoms with van der Waals surface area (Å²) < 4.78 is 0. The van der Waals surface area contributed by atoms with Crippen LogP contribution < -0.4 is 10.2 Å². The van der Waals surface area contributed by atoms with Crippen molar-refractivity contribution in [2.75, 3.05) is 24.7 Å². The molecule has 2 saturated heterocycles. The molecule has 0 radical (unpaired) electrons. The molecule has 0 aromatic heterocycles. The first-order valence-electron chi connectivity index (χ1n) is 11.5. The number of anilines is 1. The minimum Gasteiger partial charge on any atom is -0.384 e. The highest BCUT2D eigenvalue weighted by molar-refractivity contribution is 6.30. The van der Waals surface area contributed by atoms with Crippen molar-refractivity contribution in [1.29, 1.82) is 0 Å². The number of amides is 1. The first kappa shape index (κ1) is 22.0. The molecule has 0 unspecified atom stereocenters. The van der Waals surface area contributed by atoms with Crippen LogP contribution in [0, 0.1) is 0 Å². The molecule has 170 valence electrons. The number of carbonyl (C=O) groups excluding carboxylic acids is 1. The minimum absolute atomic E-state index is 0.0446. The van der Waals surface area contributed by atoms with Gasteiger partial charge in [-0.25, -0.2) is 0 Å². The van der Waals surface area contributed by atoms with Crippen molar-refractivity contribution in [3.63, 3.8) is 0 Å². The first-order chi connectivity index (χ1) is 15.4. The molecule has 1 aliphatic carbocycles. The molecule has 3 aliphatic rings. The summed E-state index contributed by atoms with van der Waals surface area (Å²) in [7, 11) is 0. The number of piperidine rings is 1. The molecular formula is C25H29Cl2N3O2. The second kappa shape index (κ2) is 8.53. The third kappa shape index (κ3) is 3.69. The molecule has 7 heteroatoms. The van der Waals surface area contributed by atoms with Crippen molar-refractivity contribution in [2.45, 2.75) is 55.7 Å². The van der Waals surface area contributed by atoms with Crippen LogP contribution in [0.25, 0.3) is 0 Å². The zero-order chi connectivity index (χ0) is 22.3. The van der Waals surface area contributed by atoms with E-state index in [9.17, 15) is 9.90 Å². The molecule has 2 heterocycles. The standard InChI is InChI=1S/C25H29Cl2N3O2/c26-19-6-4-18(5-7-19)25(32)12-2-1-3-22(25)29-15-13-24(14-16-29)23(31)28-17-30(24)21-10-8-20(27)9-11-21/h4-11,22,32H,1-3,12-17H2,(H,28,31)/t22-,25+/m1/s1. The van der Waals surface area contributed by atoms with Crippen LogP contribution in [-0.4, -0.2) is 47.3 Å². The fourth-order valence-corrected chi connectivity index (χ4v) is 6.20. The quantitative estimate of drug-likeness (QED) is 0.686. The number of rotatable bonds is 3. The van der Waals surface area contributed by atoms with E-state index in [1.54, 1.807) is 0 Å². The molecule has 5 nitrogen and oxygen atoms in total. The topological polar surface area (TPSA) is 55.8 Å². The summed E-state index contributed by atoms with van der Waals surface area (Å²) in [6.07, 6.45) is 5.29. The molecule has 2 N–H and O–H groups in total. The molecule has 3 fully saturated rings. The van der Waals surface area contributed by atoms with Crippen LogP contribution in [-0.2, 0) is 10.4 Å². The maximum absolute atomic E-state index is 13.0. The summed E-state index contributed by atoms with van der Waals surface area (Å²) in [6.45, 7) is 2.06. The number of aliphatic hydroxyl groups is 1. The van der Waals surface area contributed by atoms with Crippen molar-refractivity contribution in [3.8, 4) is 0 Å². The highest BCUT2D eigenvalue weighted by atomic mass is 35.5. The highest BCUT2D eigenvalue weighted by Gasteiger charge is 2.53. The zero-order valence-corrected chi connectivity index (χ0v) is 19.6. The van der Waals surface area contributed by atoms with E-state index in [0.29, 0.717) is 16.7 Å². The minimum atomic E-state index is -0.888. The molecule has 32 heavy (non-hydrogen) atoms. The van der Waals surface area contributed by atoms with Gasteiger partial charge in [-0.05, 0) is 67.6 Å². The number of hydrogen-bond acceptors (Lipinski definition) is 4. The van der Waals surface area contributed by atoms with Gasteiger partial charge in [0.25, 0.3) is 0 Å². The van der Waals surface area contributed by atoms with Crippen LogP contribution in [0.1, 0.15) is 44.1 Å². The molecule has 5 rings (SSSR count). The Morgan fingerprint density at radius 2 is 1.53 bits per heavy atom. The van der Waals surface area contributed by atoms with E-state index in [-0.39, 0.29) is 11.9 Å². The number of nitrogens with one attached hydrogen (secondary N) is 1. The Morgan fingerprint density at radius 1 is 0.906 bits per heavy atom. The third-order valence-electron chi connectivity index (χ3n) is 7.72. The molecule has 2 aliphatic heterocycles. The maximum atomic E-state index is 13.0. The lowest BCUT2D eigenvalue weighted by Crippen LogP contribution is -2.61. The summed E-state index contributed by atoms with van der Waals surface area (Å²) in [5, 5.41) is 16.3. The number of halogens is 2. The van der Waals surface area contributed by atoms with Gasteiger partial charge >= 0.3 is 0 Å². The largest absolute Gasteiger partial charge is 0.384 e. The fraction of sp³-hybridized carbons (Fsp3) is 0.480. The van der Waals surface area contributed by atoms with Crippen molar-refractivity contribution >= 4 is 34.8 Å². The Hall–Kier alpha value is -1.79. The molecule has 0 bridgehead atoms. The molecule has 1 amide bonds. The van der Waals surface area contributed by atoms with Crippen molar-refractivity contribution in [2.24, 2.45) is 0 Å². The van der Waals surface area contributed by atoms with Gasteiger partial charge in [0.2, 0.25) is 5.91 Å². The Bertz CT molecular complexity index is 974. The van der Waals surface area contributed by atoms with Crippen LogP contribution >= 0.6 is 23.2 Å². The average molecular weight is 474 g/mol. The number of nitrogens with zero attached hydrogens (tertiary/aromatic N) is 2. The zero-order valence-electron chi connectivity index (χ0n) is 18.1. The van der Waals surface area contributed by atoms with E-state index in [1.165, 1.54) is 0 Å². The highest BCUT2D eigenvalue weighted by Crippen LogP contribution is 2.43. The molecule has 2 aromatic carbocycles. The lowest BCUT2D eigenvalue weighted by molar-refractivity contribution is -0.127. The summed E-state index contributed by atoms with van der Waals surface area (Å²) in [4.78, 5) is 17.6. The van der Waals surface area contributed by atoms with Crippen molar-refractivity contribution < 1.29 is 9.90 Å². The SMILES string of the molecule is O=C1NCN(c2ccc(Cl)cc2)C12CCN([C@@H]1CCCC[C@]1(O)c1ccc(Cl)cc1)CC2. The maximum Gasteiger partial charge on any atom is 0.247 e. The first-order valence-corrected chi connectivity index (χ1v) is 12.2. The predicted octanol–water partition coefficient (Wildman–Crippen LogP) is 4.55. The molecular weight excluding hydrogens is 445 g/mol. The van der Waals surface area contributed by atoms with Crippen LogP contribution in [0.4, 0.5) is 5.69 Å². The van der Waals surface area contributed by atoms with Gasteiger partial charge in [0.1, 0.15) is 11.1 Å².